The maximum atomic E-state index is 13.1. The van der Waals surface area contributed by atoms with Crippen molar-refractivity contribution >= 4 is 35.3 Å². The second kappa shape index (κ2) is 12.5. The third kappa shape index (κ3) is 6.38. The number of hydrogen-bond acceptors (Lipinski definition) is 6. The van der Waals surface area contributed by atoms with Crippen molar-refractivity contribution in [3.8, 4) is 0 Å². The molecule has 2 amide bonds. The maximum absolute atomic E-state index is 13.1. The maximum Gasteiger partial charge on any atom is 0.244 e. The molecule has 38 heavy (non-hydrogen) atoms. The van der Waals surface area contributed by atoms with Crippen LogP contribution in [0.1, 0.15) is 36.4 Å². The van der Waals surface area contributed by atoms with Gasteiger partial charge in [0.1, 0.15) is 5.82 Å². The first kappa shape index (κ1) is 27.7. The summed E-state index contributed by atoms with van der Waals surface area (Å²) in [4.78, 5) is 33.2. The molecular weight excluding hydrogens is 512 g/mol. The summed E-state index contributed by atoms with van der Waals surface area (Å²) >= 11 is 3.00. The summed E-state index contributed by atoms with van der Waals surface area (Å²) in [5.74, 6) is 0.737. The summed E-state index contributed by atoms with van der Waals surface area (Å²) in [7, 11) is 0. The number of thioether (sulfide) groups is 2. The summed E-state index contributed by atoms with van der Waals surface area (Å²) < 4.78 is -1.43. The molecule has 1 heterocycles. The van der Waals surface area contributed by atoms with E-state index in [1.807, 2.05) is 54.6 Å². The van der Waals surface area contributed by atoms with Gasteiger partial charge in [-0.3, -0.25) is 14.9 Å². The number of hydrogen-bond donors (Lipinski definition) is 3. The molecule has 8 heteroatoms. The van der Waals surface area contributed by atoms with Gasteiger partial charge in [-0.15, -0.1) is 23.5 Å². The molecule has 0 saturated carbocycles. The molecule has 4 N–H and O–H groups in total. The van der Waals surface area contributed by atoms with E-state index in [2.05, 4.69) is 51.7 Å². The Balaban J connectivity index is 1.53. The molecule has 0 radical (unpaired) electrons. The monoisotopic (exact) mass is 544 g/mol. The van der Waals surface area contributed by atoms with Gasteiger partial charge >= 0.3 is 0 Å². The van der Waals surface area contributed by atoms with Gasteiger partial charge in [0.05, 0.1) is 21.3 Å². The minimum absolute atomic E-state index is 0.303. The summed E-state index contributed by atoms with van der Waals surface area (Å²) in [6.07, 6.45) is 3.41. The zero-order valence-electron chi connectivity index (χ0n) is 21.5. The van der Waals surface area contributed by atoms with Crippen molar-refractivity contribution in [2.75, 3.05) is 5.75 Å². The standard InChI is InChI=1S/C30H32N4O2S2/c1-29(2,37-21-26-32-18-19-33-26)28(36)34-27(35)25(31)20-38-30(22-12-6-3-7-13-22,23-14-8-4-9-15-23)24-16-10-5-11-17-24/h3-19,25H,20-21,31H2,1-2H3,(H,32,33)(H,34,35,36)/t25-/m0/s1. The van der Waals surface area contributed by atoms with Crippen molar-refractivity contribution in [2.24, 2.45) is 5.73 Å². The smallest absolute Gasteiger partial charge is 0.244 e. The second-order valence-electron chi connectivity index (χ2n) is 9.35. The topological polar surface area (TPSA) is 101 Å². The minimum atomic E-state index is -0.884. The predicted molar refractivity (Wildman–Crippen MR) is 157 cm³/mol. The number of nitrogens with two attached hydrogens (primary N) is 1. The number of imidazole rings is 1. The van der Waals surface area contributed by atoms with Gasteiger partial charge in [0, 0.05) is 18.1 Å². The highest BCUT2D eigenvalue weighted by molar-refractivity contribution is 8.00. The third-order valence-electron chi connectivity index (χ3n) is 6.27. The largest absolute Gasteiger partial charge is 0.348 e. The fraction of sp³-hybridized carbons (Fsp3) is 0.233. The van der Waals surface area contributed by atoms with E-state index in [9.17, 15) is 9.59 Å². The average Bonchev–Trinajstić information content (AvgIpc) is 3.48. The molecule has 4 aromatic rings. The Hall–Kier alpha value is -3.33. The second-order valence-corrected chi connectivity index (χ2v) is 12.2. The number of amides is 2. The Bertz CT molecular complexity index is 1220. The van der Waals surface area contributed by atoms with Crippen LogP contribution in [0.4, 0.5) is 0 Å². The zero-order valence-corrected chi connectivity index (χ0v) is 23.1. The van der Waals surface area contributed by atoms with E-state index in [0.717, 1.165) is 22.5 Å². The Morgan fingerprint density at radius 3 is 1.82 bits per heavy atom. The Morgan fingerprint density at radius 2 is 1.37 bits per heavy atom. The molecule has 4 rings (SSSR count). The Morgan fingerprint density at radius 1 is 0.868 bits per heavy atom. The summed E-state index contributed by atoms with van der Waals surface area (Å²) in [6.45, 7) is 3.57. The quantitative estimate of drug-likeness (QED) is 0.227. The highest BCUT2D eigenvalue weighted by Gasteiger charge is 2.38. The molecule has 1 aromatic heterocycles. The number of nitrogens with zero attached hydrogens (tertiary/aromatic N) is 1. The van der Waals surface area contributed by atoms with Crippen molar-refractivity contribution < 1.29 is 9.59 Å². The van der Waals surface area contributed by atoms with Crippen LogP contribution in [0.15, 0.2) is 103 Å². The Kier molecular flexibility index (Phi) is 9.09. The molecule has 0 fully saturated rings. The van der Waals surface area contributed by atoms with Gasteiger partial charge in [0.2, 0.25) is 11.8 Å². The first-order chi connectivity index (χ1) is 18.3. The van der Waals surface area contributed by atoms with Gasteiger partial charge in [0.25, 0.3) is 0 Å². The van der Waals surface area contributed by atoms with E-state index in [-0.39, 0.29) is 5.91 Å². The molecule has 3 aromatic carbocycles. The van der Waals surface area contributed by atoms with E-state index in [1.165, 1.54) is 11.8 Å². The summed E-state index contributed by atoms with van der Waals surface area (Å²) in [5, 5.41) is 2.54. The predicted octanol–water partition coefficient (Wildman–Crippen LogP) is 5.12. The van der Waals surface area contributed by atoms with Crippen LogP contribution in [-0.2, 0) is 20.1 Å². The molecule has 1 atom stereocenters. The van der Waals surface area contributed by atoms with Gasteiger partial charge < -0.3 is 10.7 Å². The SMILES string of the molecule is CC(C)(SCc1ncc[nH]1)C(=O)NC(=O)[C@@H](N)CSC(c1ccccc1)(c1ccccc1)c1ccccc1. The number of aromatic nitrogens is 2. The highest BCUT2D eigenvalue weighted by atomic mass is 32.2. The number of carbonyl (C=O) groups excluding carboxylic acids is 2. The molecule has 6 nitrogen and oxygen atoms in total. The van der Waals surface area contributed by atoms with Crippen LogP contribution in [0.2, 0.25) is 0 Å². The molecule has 0 aliphatic heterocycles. The molecule has 0 unspecified atom stereocenters. The highest BCUT2D eigenvalue weighted by Crippen LogP contribution is 2.48. The van der Waals surface area contributed by atoms with Crippen molar-refractivity contribution in [1.82, 2.24) is 15.3 Å². The van der Waals surface area contributed by atoms with Crippen LogP contribution in [0.3, 0.4) is 0 Å². The van der Waals surface area contributed by atoms with Gasteiger partial charge in [-0.05, 0) is 30.5 Å². The average molecular weight is 545 g/mol. The lowest BCUT2D eigenvalue weighted by molar-refractivity contribution is -0.131. The summed E-state index contributed by atoms with van der Waals surface area (Å²) in [6, 6.07) is 29.8. The van der Waals surface area contributed by atoms with Crippen LogP contribution in [-0.4, -0.2) is 38.3 Å². The molecule has 0 aliphatic carbocycles. The fourth-order valence-corrected chi connectivity index (χ4v) is 6.43. The van der Waals surface area contributed by atoms with Gasteiger partial charge in [0.15, 0.2) is 0 Å². The number of imide groups is 1. The van der Waals surface area contributed by atoms with Gasteiger partial charge in [-0.25, -0.2) is 4.98 Å². The van der Waals surface area contributed by atoms with Crippen molar-refractivity contribution in [3.05, 3.63) is 126 Å². The van der Waals surface area contributed by atoms with Gasteiger partial charge in [-0.1, -0.05) is 91.0 Å². The fourth-order valence-electron chi connectivity index (χ4n) is 4.11. The molecule has 196 valence electrons. The minimum Gasteiger partial charge on any atom is -0.348 e. The molecule has 0 aliphatic rings. The van der Waals surface area contributed by atoms with E-state index in [4.69, 9.17) is 5.73 Å². The van der Waals surface area contributed by atoms with E-state index in [1.54, 1.807) is 38.0 Å². The number of nitrogens with one attached hydrogen (secondary N) is 2. The van der Waals surface area contributed by atoms with E-state index in [0.29, 0.717) is 11.5 Å². The summed E-state index contributed by atoms with van der Waals surface area (Å²) in [5.41, 5.74) is 9.65. The van der Waals surface area contributed by atoms with Crippen LogP contribution < -0.4 is 11.1 Å². The number of H-pyrrole nitrogens is 1. The zero-order chi connectivity index (χ0) is 27.0. The van der Waals surface area contributed by atoms with Gasteiger partial charge in [-0.2, -0.15) is 0 Å². The van der Waals surface area contributed by atoms with E-state index >= 15 is 0 Å². The van der Waals surface area contributed by atoms with Crippen molar-refractivity contribution in [2.45, 2.75) is 35.1 Å². The number of aromatic amines is 1. The lowest BCUT2D eigenvalue weighted by Crippen LogP contribution is -2.50. The number of benzene rings is 3. The molecule has 0 bridgehead atoms. The van der Waals surface area contributed by atoms with Crippen LogP contribution in [0.5, 0.6) is 0 Å². The van der Waals surface area contributed by atoms with Crippen LogP contribution in [0, 0.1) is 0 Å². The normalized spacial score (nSPS) is 12.6. The van der Waals surface area contributed by atoms with Crippen molar-refractivity contribution in [1.29, 1.82) is 0 Å². The van der Waals surface area contributed by atoms with Crippen LogP contribution >= 0.6 is 23.5 Å². The molecular formula is C30H32N4O2S2. The van der Waals surface area contributed by atoms with Crippen molar-refractivity contribution in [3.63, 3.8) is 0 Å². The number of carbonyl (C=O) groups is 2. The lowest BCUT2D eigenvalue weighted by Gasteiger charge is -2.36. The van der Waals surface area contributed by atoms with Crippen LogP contribution in [0.25, 0.3) is 0 Å². The third-order valence-corrected chi connectivity index (χ3v) is 9.26. The molecule has 0 saturated heterocycles. The number of rotatable bonds is 11. The molecule has 0 spiro atoms. The lowest BCUT2D eigenvalue weighted by atomic mass is 9.84. The first-order valence-electron chi connectivity index (χ1n) is 12.4. The van der Waals surface area contributed by atoms with E-state index < -0.39 is 21.4 Å². The Labute approximate surface area is 232 Å². The first-order valence-corrected chi connectivity index (χ1v) is 14.3.